The van der Waals surface area contributed by atoms with Crippen LogP contribution in [0.4, 0.5) is 0 Å². The van der Waals surface area contributed by atoms with Crippen molar-refractivity contribution in [3.8, 4) is 0 Å². The Balaban J connectivity index is 0.000000486. The van der Waals surface area contributed by atoms with Crippen LogP contribution in [-0.4, -0.2) is 39.1 Å². The lowest BCUT2D eigenvalue weighted by molar-refractivity contribution is -0.152. The lowest BCUT2D eigenvalue weighted by Gasteiger charge is -2.08. The van der Waals surface area contributed by atoms with Gasteiger partial charge in [-0.3, -0.25) is 19.2 Å². The van der Waals surface area contributed by atoms with Crippen LogP contribution in [0.3, 0.4) is 0 Å². The first-order chi connectivity index (χ1) is 9.56. The fraction of sp³-hybridized carbons (Fsp3) is 0.692. The number of aliphatic carboxylic acids is 3. The predicted octanol–water partition coefficient (Wildman–Crippen LogP) is 0.400. The molecule has 1 aliphatic rings. The maximum atomic E-state index is 10.6. The molecule has 0 saturated heterocycles. The Morgan fingerprint density at radius 3 is 1.48 bits per heavy atom. The number of carbonyl (C=O) groups excluding carboxylic acids is 1. The Kier molecular flexibility index (Phi) is 7.40. The van der Waals surface area contributed by atoms with Crippen molar-refractivity contribution < 1.29 is 34.5 Å². The standard InChI is InChI=1S/C8H10O6.C5H11NO/c9-6(10)3-1-4(7(11)12)5(2-3)8(13)14;1-4(2)3-5(6)7/h3-5H,1-2H2,(H,9,10)(H,11,12)(H,13,14);4H,3H2,1-2H3,(H2,6,7). The van der Waals surface area contributed by atoms with E-state index in [0.29, 0.717) is 12.3 Å². The monoisotopic (exact) mass is 303 g/mol. The molecular formula is C13H21NO7. The summed E-state index contributed by atoms with van der Waals surface area (Å²) in [5.41, 5.74) is 4.85. The van der Waals surface area contributed by atoms with Gasteiger partial charge in [0.2, 0.25) is 5.91 Å². The van der Waals surface area contributed by atoms with Crippen molar-refractivity contribution in [2.24, 2.45) is 29.4 Å². The van der Waals surface area contributed by atoms with Crippen molar-refractivity contribution in [2.45, 2.75) is 33.1 Å². The van der Waals surface area contributed by atoms with Gasteiger partial charge in [0.15, 0.2) is 0 Å². The summed E-state index contributed by atoms with van der Waals surface area (Å²) in [6, 6.07) is 0. The predicted molar refractivity (Wildman–Crippen MR) is 71.3 cm³/mol. The highest BCUT2D eigenvalue weighted by Gasteiger charge is 2.45. The van der Waals surface area contributed by atoms with Crippen molar-refractivity contribution in [1.29, 1.82) is 0 Å². The molecule has 5 N–H and O–H groups in total. The van der Waals surface area contributed by atoms with Gasteiger partial charge in [0, 0.05) is 6.42 Å². The summed E-state index contributed by atoms with van der Waals surface area (Å²) in [6.07, 6.45) is 0.309. The maximum absolute atomic E-state index is 10.6. The third kappa shape index (κ3) is 6.73. The van der Waals surface area contributed by atoms with Crippen LogP contribution in [0.15, 0.2) is 0 Å². The molecule has 8 heteroatoms. The highest BCUT2D eigenvalue weighted by Crippen LogP contribution is 2.36. The van der Waals surface area contributed by atoms with E-state index in [1.807, 2.05) is 13.8 Å². The fourth-order valence-corrected chi connectivity index (χ4v) is 2.19. The van der Waals surface area contributed by atoms with Crippen LogP contribution in [0.1, 0.15) is 33.1 Å². The zero-order chi connectivity index (χ0) is 16.7. The molecule has 0 aromatic carbocycles. The molecule has 21 heavy (non-hydrogen) atoms. The SMILES string of the molecule is CC(C)CC(N)=O.O=C(O)C1CC(C(=O)O)C(C(=O)O)C1. The number of hydrogen-bond donors (Lipinski definition) is 4. The number of nitrogens with two attached hydrogens (primary N) is 1. The van der Waals surface area contributed by atoms with Gasteiger partial charge in [0.05, 0.1) is 17.8 Å². The molecule has 8 nitrogen and oxygen atoms in total. The molecule has 1 aliphatic carbocycles. The third-order valence-corrected chi connectivity index (χ3v) is 3.16. The van der Waals surface area contributed by atoms with Crippen molar-refractivity contribution in [2.75, 3.05) is 0 Å². The molecule has 1 fully saturated rings. The second kappa shape index (κ2) is 8.23. The Bertz CT molecular complexity index is 397. The summed E-state index contributed by atoms with van der Waals surface area (Å²) in [4.78, 5) is 41.8. The van der Waals surface area contributed by atoms with Crippen LogP contribution >= 0.6 is 0 Å². The highest BCUT2D eigenvalue weighted by atomic mass is 16.4. The molecule has 0 radical (unpaired) electrons. The van der Waals surface area contributed by atoms with E-state index in [2.05, 4.69) is 0 Å². The fourth-order valence-electron chi connectivity index (χ4n) is 2.19. The van der Waals surface area contributed by atoms with Crippen LogP contribution in [0.2, 0.25) is 0 Å². The summed E-state index contributed by atoms with van der Waals surface area (Å²) in [5.74, 6) is -6.41. The molecule has 2 unspecified atom stereocenters. The number of carboxylic acids is 3. The Morgan fingerprint density at radius 2 is 1.33 bits per heavy atom. The van der Waals surface area contributed by atoms with Crippen LogP contribution in [-0.2, 0) is 19.2 Å². The number of amides is 1. The van der Waals surface area contributed by atoms with Crippen molar-refractivity contribution >= 4 is 23.8 Å². The molecule has 2 atom stereocenters. The first-order valence-corrected chi connectivity index (χ1v) is 6.52. The first kappa shape index (κ1) is 18.9. The number of hydrogen-bond acceptors (Lipinski definition) is 4. The quantitative estimate of drug-likeness (QED) is 0.572. The molecule has 0 aliphatic heterocycles. The summed E-state index contributed by atoms with van der Waals surface area (Å²) >= 11 is 0. The number of rotatable bonds is 5. The summed E-state index contributed by atoms with van der Waals surface area (Å²) in [6.45, 7) is 3.93. The highest BCUT2D eigenvalue weighted by molar-refractivity contribution is 5.83. The van der Waals surface area contributed by atoms with Gasteiger partial charge in [-0.05, 0) is 18.8 Å². The second-order valence-electron chi connectivity index (χ2n) is 5.46. The minimum absolute atomic E-state index is 0.0956. The van der Waals surface area contributed by atoms with Crippen LogP contribution in [0.25, 0.3) is 0 Å². The van der Waals surface area contributed by atoms with Gasteiger partial charge in [0.25, 0.3) is 0 Å². The van der Waals surface area contributed by atoms with Crippen LogP contribution < -0.4 is 5.73 Å². The summed E-state index contributed by atoms with van der Waals surface area (Å²) < 4.78 is 0. The van der Waals surface area contributed by atoms with Gasteiger partial charge >= 0.3 is 17.9 Å². The molecule has 0 aromatic rings. The minimum Gasteiger partial charge on any atom is -0.481 e. The van der Waals surface area contributed by atoms with Crippen molar-refractivity contribution in [3.05, 3.63) is 0 Å². The normalized spacial score (nSPS) is 24.0. The van der Waals surface area contributed by atoms with E-state index in [4.69, 9.17) is 21.1 Å². The lowest BCUT2D eigenvalue weighted by atomic mass is 9.97. The van der Waals surface area contributed by atoms with E-state index in [9.17, 15) is 19.2 Å². The van der Waals surface area contributed by atoms with Gasteiger partial charge in [0.1, 0.15) is 0 Å². The smallest absolute Gasteiger partial charge is 0.307 e. The lowest BCUT2D eigenvalue weighted by Crippen LogP contribution is -2.24. The van der Waals surface area contributed by atoms with Gasteiger partial charge in [-0.25, -0.2) is 0 Å². The van der Waals surface area contributed by atoms with Crippen molar-refractivity contribution in [3.63, 3.8) is 0 Å². The van der Waals surface area contributed by atoms with Crippen LogP contribution in [0.5, 0.6) is 0 Å². The molecular weight excluding hydrogens is 282 g/mol. The zero-order valence-electron chi connectivity index (χ0n) is 12.0. The number of carboxylic acid groups (broad SMARTS) is 3. The molecule has 1 saturated carbocycles. The van der Waals surface area contributed by atoms with E-state index in [1.165, 1.54) is 0 Å². The summed E-state index contributed by atoms with van der Waals surface area (Å²) in [5, 5.41) is 26.0. The van der Waals surface area contributed by atoms with E-state index < -0.39 is 35.7 Å². The first-order valence-electron chi connectivity index (χ1n) is 6.52. The maximum Gasteiger partial charge on any atom is 0.307 e. The largest absolute Gasteiger partial charge is 0.481 e. The van der Waals surface area contributed by atoms with Crippen molar-refractivity contribution in [1.82, 2.24) is 0 Å². The van der Waals surface area contributed by atoms with Gasteiger partial charge in [-0.2, -0.15) is 0 Å². The van der Waals surface area contributed by atoms with Crippen LogP contribution in [0, 0.1) is 23.7 Å². The molecule has 0 spiro atoms. The third-order valence-electron chi connectivity index (χ3n) is 3.16. The summed E-state index contributed by atoms with van der Waals surface area (Å²) in [7, 11) is 0. The minimum atomic E-state index is -1.24. The number of carbonyl (C=O) groups is 4. The molecule has 0 aromatic heterocycles. The Hall–Kier alpha value is -2.12. The Morgan fingerprint density at radius 1 is 0.952 bits per heavy atom. The molecule has 120 valence electrons. The van der Waals surface area contributed by atoms with E-state index in [1.54, 1.807) is 0 Å². The molecule has 1 amide bonds. The van der Waals surface area contributed by atoms with E-state index in [-0.39, 0.29) is 18.7 Å². The molecule has 1 rings (SSSR count). The van der Waals surface area contributed by atoms with Gasteiger partial charge in [-0.1, -0.05) is 13.8 Å². The zero-order valence-corrected chi connectivity index (χ0v) is 12.0. The molecule has 0 heterocycles. The van der Waals surface area contributed by atoms with Gasteiger partial charge in [-0.15, -0.1) is 0 Å². The average molecular weight is 303 g/mol. The Labute approximate surface area is 121 Å². The van der Waals surface area contributed by atoms with E-state index >= 15 is 0 Å². The van der Waals surface area contributed by atoms with Gasteiger partial charge < -0.3 is 21.1 Å². The molecule has 0 bridgehead atoms. The van der Waals surface area contributed by atoms with E-state index in [0.717, 1.165) is 0 Å². The topological polar surface area (TPSA) is 155 Å². The average Bonchev–Trinajstić information content (AvgIpc) is 2.72. The second-order valence-corrected chi connectivity index (χ2v) is 5.46. The number of primary amides is 1.